The van der Waals surface area contributed by atoms with Crippen molar-refractivity contribution in [2.24, 2.45) is 5.92 Å². The van der Waals surface area contributed by atoms with Crippen molar-refractivity contribution in [2.75, 3.05) is 27.3 Å². The van der Waals surface area contributed by atoms with Crippen LogP contribution in [0.1, 0.15) is 33.6 Å². The van der Waals surface area contributed by atoms with Gasteiger partial charge in [0.05, 0.1) is 25.4 Å². The molecule has 4 rings (SSSR count). The molecule has 2 amide bonds. The molecule has 2 aromatic carbocycles. The van der Waals surface area contributed by atoms with Gasteiger partial charge >= 0.3 is 0 Å². The van der Waals surface area contributed by atoms with Gasteiger partial charge in [0.25, 0.3) is 11.8 Å². The lowest BCUT2D eigenvalue weighted by molar-refractivity contribution is -0.253. The fourth-order valence-corrected chi connectivity index (χ4v) is 5.38. The molecular formula is C29H38N2O11. The quantitative estimate of drug-likeness (QED) is 0.173. The van der Waals surface area contributed by atoms with Crippen LogP contribution in [-0.4, -0.2) is 119 Å². The molecule has 0 aliphatic carbocycles. The Hall–Kier alpha value is -3.14. The van der Waals surface area contributed by atoms with Crippen molar-refractivity contribution >= 4 is 11.8 Å². The third-order valence-electron chi connectivity index (χ3n) is 7.72. The Labute approximate surface area is 242 Å². The van der Waals surface area contributed by atoms with Gasteiger partial charge < -0.3 is 55.5 Å². The second-order valence-electron chi connectivity index (χ2n) is 10.5. The monoisotopic (exact) mass is 590 g/mol. The molecule has 42 heavy (non-hydrogen) atoms. The molecule has 0 radical (unpaired) electrons. The fourth-order valence-electron chi connectivity index (χ4n) is 5.38. The highest BCUT2D eigenvalue weighted by Gasteiger charge is 2.47. The highest BCUT2D eigenvalue weighted by atomic mass is 16.7. The molecule has 0 aromatic heterocycles. The summed E-state index contributed by atoms with van der Waals surface area (Å²) in [6, 6.07) is 11.5. The van der Waals surface area contributed by atoms with Gasteiger partial charge in [-0.05, 0) is 60.2 Å². The van der Waals surface area contributed by atoms with E-state index in [4.69, 9.17) is 14.2 Å². The predicted molar refractivity (Wildman–Crippen MR) is 148 cm³/mol. The maximum Gasteiger partial charge on any atom is 0.251 e. The molecule has 0 spiro atoms. The van der Waals surface area contributed by atoms with Crippen molar-refractivity contribution in [3.63, 3.8) is 0 Å². The van der Waals surface area contributed by atoms with E-state index in [2.05, 4.69) is 10.6 Å². The summed E-state index contributed by atoms with van der Waals surface area (Å²) in [5.41, 5.74) is 1.75. The molecule has 6 unspecified atom stereocenters. The number of benzene rings is 2. The van der Waals surface area contributed by atoms with Crippen LogP contribution < -0.4 is 15.4 Å². The van der Waals surface area contributed by atoms with Gasteiger partial charge in [0.1, 0.15) is 36.3 Å². The minimum absolute atomic E-state index is 0.0247. The van der Waals surface area contributed by atoms with Crippen LogP contribution in [0.25, 0.3) is 11.1 Å². The van der Waals surface area contributed by atoms with Crippen LogP contribution in [0, 0.1) is 5.92 Å². The molecule has 2 saturated heterocycles. The summed E-state index contributed by atoms with van der Waals surface area (Å²) >= 11 is 0. The Morgan fingerprint density at radius 3 is 2.05 bits per heavy atom. The first-order chi connectivity index (χ1) is 20.1. The molecule has 13 heteroatoms. The predicted octanol–water partition coefficient (Wildman–Crippen LogP) is -1.23. The zero-order valence-corrected chi connectivity index (χ0v) is 23.3. The van der Waals surface area contributed by atoms with Crippen LogP contribution in [0.4, 0.5) is 0 Å². The lowest BCUT2D eigenvalue weighted by Gasteiger charge is -2.44. The van der Waals surface area contributed by atoms with E-state index in [9.17, 15) is 40.2 Å². The van der Waals surface area contributed by atoms with Crippen LogP contribution in [-0.2, 0) is 9.47 Å². The number of ether oxygens (including phenoxy) is 3. The number of carbonyl (C=O) groups excluding carboxylic acids is 2. The zero-order valence-electron chi connectivity index (χ0n) is 23.3. The van der Waals surface area contributed by atoms with Crippen molar-refractivity contribution in [3.8, 4) is 16.9 Å². The van der Waals surface area contributed by atoms with Crippen LogP contribution in [0.3, 0.4) is 0 Å². The summed E-state index contributed by atoms with van der Waals surface area (Å²) < 4.78 is 17.4. The van der Waals surface area contributed by atoms with E-state index in [1.807, 2.05) is 0 Å². The van der Waals surface area contributed by atoms with Gasteiger partial charge in [-0.2, -0.15) is 0 Å². The Morgan fingerprint density at radius 1 is 0.810 bits per heavy atom. The highest BCUT2D eigenvalue weighted by Crippen LogP contribution is 2.35. The minimum atomic E-state index is -1.55. The summed E-state index contributed by atoms with van der Waals surface area (Å²) in [5.74, 6) is -1.04. The van der Waals surface area contributed by atoms with Crippen LogP contribution in [0.15, 0.2) is 42.5 Å². The van der Waals surface area contributed by atoms with Crippen molar-refractivity contribution in [1.29, 1.82) is 0 Å². The Balaban J connectivity index is 1.55. The van der Waals surface area contributed by atoms with Gasteiger partial charge in [-0.25, -0.2) is 0 Å². The minimum Gasteiger partial charge on any atom is -0.462 e. The topological polar surface area (TPSA) is 207 Å². The number of aliphatic hydroxyl groups excluding tert-OH is 6. The number of carbonyl (C=O) groups is 2. The van der Waals surface area contributed by atoms with E-state index in [-0.39, 0.29) is 42.4 Å². The standard InChI is InChI=1S/C29H38N2O11/c1-30-27(38)17-6-15(7-18(8-17)28(39)31-2)14-4-3-5-19(9-14)40-29-23(34)16(10-20(12-32)41-29)11-21-24(35)26(37)25(36)22(13-33)42-21/h3-9,16,20-26,29,32-37H,10-13H2,1-2H3,(H,30,38)(H,31,39)/t16?,20?,21-,22?,23?,24?,25-,26?,29+/m1/s1. The molecule has 8 N–H and O–H groups in total. The number of hydrogen-bond donors (Lipinski definition) is 8. The average Bonchev–Trinajstić information content (AvgIpc) is 3.01. The summed E-state index contributed by atoms with van der Waals surface area (Å²) in [7, 11) is 2.98. The number of aliphatic hydroxyl groups is 6. The average molecular weight is 591 g/mol. The SMILES string of the molecule is CNC(=O)c1cc(C(=O)NC)cc(-c2cccc(O[C@H]3OC(CO)CC(C[C@H]4OC(CO)[C@@H](O)C(O)C4O)C3O)c2)c1. The lowest BCUT2D eigenvalue weighted by Crippen LogP contribution is -2.59. The summed E-state index contributed by atoms with van der Waals surface area (Å²) in [5, 5.41) is 66.4. The highest BCUT2D eigenvalue weighted by molar-refractivity contribution is 6.01. The van der Waals surface area contributed by atoms with Crippen LogP contribution >= 0.6 is 0 Å². The molecule has 9 atom stereocenters. The lowest BCUT2D eigenvalue weighted by atomic mass is 9.83. The molecule has 0 bridgehead atoms. The first-order valence-corrected chi connectivity index (χ1v) is 13.7. The van der Waals surface area contributed by atoms with Crippen molar-refractivity contribution in [3.05, 3.63) is 53.6 Å². The van der Waals surface area contributed by atoms with Gasteiger partial charge in [-0.3, -0.25) is 9.59 Å². The molecule has 13 nitrogen and oxygen atoms in total. The van der Waals surface area contributed by atoms with E-state index < -0.39 is 61.5 Å². The van der Waals surface area contributed by atoms with E-state index in [0.29, 0.717) is 16.9 Å². The maximum atomic E-state index is 12.4. The van der Waals surface area contributed by atoms with Gasteiger partial charge in [-0.1, -0.05) is 12.1 Å². The largest absolute Gasteiger partial charge is 0.462 e. The van der Waals surface area contributed by atoms with Gasteiger partial charge in [0.15, 0.2) is 0 Å². The normalized spacial score (nSPS) is 31.3. The van der Waals surface area contributed by atoms with E-state index in [0.717, 1.165) is 0 Å². The Bertz CT molecular complexity index is 1210. The van der Waals surface area contributed by atoms with Crippen LogP contribution in [0.2, 0.25) is 0 Å². The van der Waals surface area contributed by atoms with Crippen molar-refractivity contribution in [1.82, 2.24) is 10.6 Å². The smallest absolute Gasteiger partial charge is 0.251 e. The Kier molecular flexibility index (Phi) is 10.5. The van der Waals surface area contributed by atoms with Crippen molar-refractivity contribution in [2.45, 2.75) is 61.9 Å². The molecule has 2 aromatic rings. The molecule has 0 saturated carbocycles. The molecule has 2 aliphatic heterocycles. The maximum absolute atomic E-state index is 12.4. The van der Waals surface area contributed by atoms with Crippen molar-refractivity contribution < 1.29 is 54.4 Å². The fraction of sp³-hybridized carbons (Fsp3) is 0.517. The number of hydrogen-bond acceptors (Lipinski definition) is 11. The summed E-state index contributed by atoms with van der Waals surface area (Å²) in [4.78, 5) is 24.7. The number of amides is 2. The third-order valence-corrected chi connectivity index (χ3v) is 7.72. The molecule has 2 heterocycles. The van der Waals surface area contributed by atoms with Gasteiger partial charge in [0, 0.05) is 25.2 Å². The molecule has 2 fully saturated rings. The second-order valence-corrected chi connectivity index (χ2v) is 10.5. The van der Waals surface area contributed by atoms with Gasteiger partial charge in [-0.15, -0.1) is 0 Å². The van der Waals surface area contributed by atoms with E-state index in [1.165, 1.54) is 20.2 Å². The van der Waals surface area contributed by atoms with Crippen LogP contribution in [0.5, 0.6) is 5.75 Å². The third kappa shape index (κ3) is 6.90. The molecule has 2 aliphatic rings. The number of rotatable bonds is 9. The first kappa shape index (κ1) is 31.8. The summed E-state index contributed by atoms with van der Waals surface area (Å²) in [6.07, 6.45) is -9.56. The molecule has 230 valence electrons. The summed E-state index contributed by atoms with van der Waals surface area (Å²) in [6.45, 7) is -0.942. The van der Waals surface area contributed by atoms with E-state index >= 15 is 0 Å². The zero-order chi connectivity index (χ0) is 30.6. The number of nitrogens with one attached hydrogen (secondary N) is 2. The Morgan fingerprint density at radius 2 is 1.45 bits per heavy atom. The first-order valence-electron chi connectivity index (χ1n) is 13.7. The van der Waals surface area contributed by atoms with Gasteiger partial charge in [0.2, 0.25) is 6.29 Å². The second kappa shape index (κ2) is 13.9. The van der Waals surface area contributed by atoms with E-state index in [1.54, 1.807) is 36.4 Å². The molecular weight excluding hydrogens is 552 g/mol.